The molecule has 3 heterocycles. The fourth-order valence-electron chi connectivity index (χ4n) is 7.59. The lowest BCUT2D eigenvalue weighted by Crippen LogP contribution is -2.66. The first-order chi connectivity index (χ1) is 18.5. The van der Waals surface area contributed by atoms with Gasteiger partial charge >= 0.3 is 29.8 Å². The van der Waals surface area contributed by atoms with E-state index in [2.05, 4.69) is 0 Å². The SMILES string of the molecule is CC(=O)O[C@H]1C[C@@H]2O[C@]2(C)[C@@H]2[C@H](OC(C)=O)[C@@]34O[C@@]3(C)C(=O)O[C@H]4/C=C(/C)[C@H](OC(C)=O)C[C@H](OC(C)=O)[C@]12C. The number of fused-ring (bicyclic) bond motifs is 3. The third-order valence-corrected chi connectivity index (χ3v) is 9.50. The van der Waals surface area contributed by atoms with Crippen LogP contribution in [0.5, 0.6) is 0 Å². The van der Waals surface area contributed by atoms with Gasteiger partial charge in [-0.05, 0) is 32.4 Å². The van der Waals surface area contributed by atoms with E-state index in [0.717, 1.165) is 0 Å². The molecule has 3 aliphatic heterocycles. The highest BCUT2D eigenvalue weighted by Gasteiger charge is 2.89. The van der Waals surface area contributed by atoms with Gasteiger partial charge in [0.15, 0.2) is 17.3 Å². The maximum Gasteiger partial charge on any atom is 0.342 e. The van der Waals surface area contributed by atoms with Gasteiger partial charge in [-0.2, -0.15) is 0 Å². The summed E-state index contributed by atoms with van der Waals surface area (Å²) in [5, 5.41) is 0. The predicted molar refractivity (Wildman–Crippen MR) is 132 cm³/mol. The molecule has 1 saturated carbocycles. The summed E-state index contributed by atoms with van der Waals surface area (Å²) < 4.78 is 41.8. The van der Waals surface area contributed by atoms with Crippen LogP contribution in [0, 0.1) is 11.3 Å². The zero-order valence-electron chi connectivity index (χ0n) is 23.9. The molecule has 11 atom stereocenters. The molecule has 0 aromatic heterocycles. The molecular weight excluding hydrogens is 528 g/mol. The van der Waals surface area contributed by atoms with Crippen molar-refractivity contribution in [3.63, 3.8) is 0 Å². The molecule has 2 aliphatic carbocycles. The lowest BCUT2D eigenvalue weighted by Gasteiger charge is -2.54. The van der Waals surface area contributed by atoms with Crippen molar-refractivity contribution in [2.45, 2.75) is 122 Å². The van der Waals surface area contributed by atoms with Crippen LogP contribution in [-0.2, 0) is 57.1 Å². The van der Waals surface area contributed by atoms with E-state index in [1.165, 1.54) is 27.7 Å². The van der Waals surface area contributed by atoms with E-state index in [4.69, 9.17) is 33.2 Å². The van der Waals surface area contributed by atoms with Gasteiger partial charge in [0.1, 0.15) is 24.4 Å². The van der Waals surface area contributed by atoms with Gasteiger partial charge in [0.05, 0.1) is 17.1 Å². The Bertz CT molecular complexity index is 1210. The van der Waals surface area contributed by atoms with Crippen LogP contribution in [0.15, 0.2) is 11.6 Å². The molecule has 12 nitrogen and oxygen atoms in total. The van der Waals surface area contributed by atoms with Crippen molar-refractivity contribution in [3.05, 3.63) is 11.6 Å². The summed E-state index contributed by atoms with van der Waals surface area (Å²) in [5.74, 6) is -3.83. The maximum absolute atomic E-state index is 13.2. The Hall–Kier alpha value is -2.99. The second-order valence-corrected chi connectivity index (χ2v) is 12.1. The standard InChI is InChI=1S/C28H36O12/c1-12-9-21-28(27(8,40-28)24(33)38-21)23(37-16(5)32)22-25(6,18(35-14(3)30)10-17(12)34-13(2)29)19(36-15(4)31)11-20-26(22,7)39-20/h9,17-23H,10-11H2,1-8H3/b12-9-/t17-,18+,19+,20+,21+,22-,23+,25-,26+,27+,28-/m1/s1. The lowest BCUT2D eigenvalue weighted by atomic mass is 9.53. The van der Waals surface area contributed by atoms with Gasteiger partial charge in [-0.3, -0.25) is 19.2 Å². The van der Waals surface area contributed by atoms with Gasteiger partial charge in [-0.1, -0.05) is 6.92 Å². The normalized spacial score (nSPS) is 47.9. The van der Waals surface area contributed by atoms with Crippen molar-refractivity contribution in [2.24, 2.45) is 11.3 Å². The first-order valence-electron chi connectivity index (χ1n) is 13.5. The monoisotopic (exact) mass is 564 g/mol. The van der Waals surface area contributed by atoms with E-state index in [9.17, 15) is 24.0 Å². The molecule has 3 saturated heterocycles. The van der Waals surface area contributed by atoms with Crippen LogP contribution in [0.3, 0.4) is 0 Å². The van der Waals surface area contributed by atoms with E-state index in [0.29, 0.717) is 5.57 Å². The third-order valence-electron chi connectivity index (χ3n) is 9.50. The minimum atomic E-state index is -1.47. The minimum Gasteiger partial charge on any atom is -0.462 e. The number of carbonyl (C=O) groups is 5. The van der Waals surface area contributed by atoms with Gasteiger partial charge in [-0.25, -0.2) is 4.79 Å². The summed E-state index contributed by atoms with van der Waals surface area (Å²) in [6, 6.07) is 0. The molecule has 0 N–H and O–H groups in total. The van der Waals surface area contributed by atoms with Crippen LogP contribution in [0.25, 0.3) is 0 Å². The Balaban J connectivity index is 1.80. The fourth-order valence-corrected chi connectivity index (χ4v) is 7.59. The number of ether oxygens (including phenoxy) is 7. The Morgan fingerprint density at radius 1 is 0.850 bits per heavy atom. The van der Waals surface area contributed by atoms with Crippen molar-refractivity contribution in [3.8, 4) is 0 Å². The zero-order chi connectivity index (χ0) is 29.6. The topological polar surface area (TPSA) is 157 Å². The van der Waals surface area contributed by atoms with E-state index in [1.807, 2.05) is 6.92 Å². The number of carbonyl (C=O) groups excluding carboxylic acids is 5. The average molecular weight is 565 g/mol. The lowest BCUT2D eigenvalue weighted by molar-refractivity contribution is -0.215. The molecule has 1 spiro atoms. The van der Waals surface area contributed by atoms with E-state index >= 15 is 0 Å². The highest BCUT2D eigenvalue weighted by Crippen LogP contribution is 2.69. The van der Waals surface area contributed by atoms with Gasteiger partial charge in [-0.15, -0.1) is 0 Å². The molecule has 0 aromatic carbocycles. The smallest absolute Gasteiger partial charge is 0.342 e. The minimum absolute atomic E-state index is 0.00835. The molecule has 12 heteroatoms. The maximum atomic E-state index is 13.2. The highest BCUT2D eigenvalue weighted by molar-refractivity contribution is 5.89. The van der Waals surface area contributed by atoms with Crippen LogP contribution in [0.4, 0.5) is 0 Å². The quantitative estimate of drug-likeness (QED) is 0.211. The van der Waals surface area contributed by atoms with Gasteiger partial charge in [0, 0.05) is 46.5 Å². The average Bonchev–Trinajstić information content (AvgIpc) is 3.65. The molecule has 40 heavy (non-hydrogen) atoms. The zero-order valence-corrected chi connectivity index (χ0v) is 23.9. The van der Waals surface area contributed by atoms with Crippen LogP contribution in [-0.4, -0.2) is 83.3 Å². The van der Waals surface area contributed by atoms with Crippen molar-refractivity contribution in [1.82, 2.24) is 0 Å². The van der Waals surface area contributed by atoms with Crippen LogP contribution >= 0.6 is 0 Å². The molecule has 4 fully saturated rings. The Labute approximate surface area is 231 Å². The fraction of sp³-hybridized carbons (Fsp3) is 0.750. The molecule has 0 radical (unpaired) electrons. The van der Waals surface area contributed by atoms with Gasteiger partial charge in [0.2, 0.25) is 0 Å². The molecule has 0 unspecified atom stereocenters. The summed E-state index contributed by atoms with van der Waals surface area (Å²) in [5.41, 5.74) is -4.62. The van der Waals surface area contributed by atoms with Gasteiger partial charge < -0.3 is 33.2 Å². The number of esters is 5. The van der Waals surface area contributed by atoms with Crippen LogP contribution < -0.4 is 0 Å². The molecule has 0 amide bonds. The number of hydrogen-bond donors (Lipinski definition) is 0. The summed E-state index contributed by atoms with van der Waals surface area (Å²) in [6.45, 7) is 12.0. The van der Waals surface area contributed by atoms with Crippen molar-refractivity contribution >= 4 is 29.8 Å². The van der Waals surface area contributed by atoms with Crippen molar-refractivity contribution < 1.29 is 57.1 Å². The molecule has 5 rings (SSSR count). The summed E-state index contributed by atoms with van der Waals surface area (Å²) in [7, 11) is 0. The first kappa shape index (κ1) is 28.5. The van der Waals surface area contributed by atoms with Crippen LogP contribution in [0.2, 0.25) is 0 Å². The van der Waals surface area contributed by atoms with E-state index < -0.39 is 88.5 Å². The van der Waals surface area contributed by atoms with E-state index in [1.54, 1.807) is 26.8 Å². The number of epoxide rings is 2. The first-order valence-corrected chi connectivity index (χ1v) is 13.5. The molecule has 5 aliphatic rings. The summed E-state index contributed by atoms with van der Waals surface area (Å²) >= 11 is 0. The third kappa shape index (κ3) is 3.97. The molecule has 220 valence electrons. The van der Waals surface area contributed by atoms with Gasteiger partial charge in [0.25, 0.3) is 0 Å². The predicted octanol–water partition coefficient (Wildman–Crippen LogP) is 1.70. The Kier molecular flexibility index (Phi) is 6.42. The Morgan fingerprint density at radius 2 is 1.40 bits per heavy atom. The van der Waals surface area contributed by atoms with Crippen molar-refractivity contribution in [1.29, 1.82) is 0 Å². The second-order valence-electron chi connectivity index (χ2n) is 12.1. The molecule has 0 bridgehead atoms. The highest BCUT2D eigenvalue weighted by atomic mass is 16.7. The summed E-state index contributed by atoms with van der Waals surface area (Å²) in [6.07, 6.45) is -3.39. The Morgan fingerprint density at radius 3 is 1.93 bits per heavy atom. The molecule has 0 aromatic rings. The van der Waals surface area contributed by atoms with Crippen molar-refractivity contribution in [2.75, 3.05) is 0 Å². The molecular formula is C28H36O12. The van der Waals surface area contributed by atoms with E-state index in [-0.39, 0.29) is 18.9 Å². The number of hydrogen-bond acceptors (Lipinski definition) is 12. The number of rotatable bonds is 4. The van der Waals surface area contributed by atoms with Crippen LogP contribution in [0.1, 0.15) is 68.2 Å². The largest absolute Gasteiger partial charge is 0.462 e. The summed E-state index contributed by atoms with van der Waals surface area (Å²) in [4.78, 5) is 62.9. The second kappa shape index (κ2) is 9.01.